The average Bonchev–Trinajstić information content (AvgIpc) is 2.55. The largest absolute Gasteiger partial charge is 0.619 e. The Morgan fingerprint density at radius 3 is 2.40 bits per heavy atom. The highest BCUT2D eigenvalue weighted by atomic mass is 35.5. The van der Waals surface area contributed by atoms with Crippen LogP contribution in [0.3, 0.4) is 0 Å². The third kappa shape index (κ3) is 5.08. The predicted molar refractivity (Wildman–Crippen MR) is 93.3 cm³/mol. The summed E-state index contributed by atoms with van der Waals surface area (Å²) in [5.74, 6) is -1.16. The monoisotopic (exact) mass is 382 g/mol. The van der Waals surface area contributed by atoms with Gasteiger partial charge in [0, 0.05) is 22.2 Å². The maximum Gasteiger partial charge on any atom is 0.339 e. The SMILES string of the molecule is C[C@@H](OC(=O)c1cc[n+]([O-])cc1)C(=O)N[C@H](C)c1ccc(Cl)cc1Cl. The molecule has 25 heavy (non-hydrogen) atoms. The molecule has 0 aliphatic rings. The highest BCUT2D eigenvalue weighted by molar-refractivity contribution is 6.35. The summed E-state index contributed by atoms with van der Waals surface area (Å²) in [6.07, 6.45) is 1.33. The van der Waals surface area contributed by atoms with Gasteiger partial charge in [0.25, 0.3) is 5.91 Å². The van der Waals surface area contributed by atoms with Gasteiger partial charge in [-0.25, -0.2) is 4.79 Å². The second kappa shape index (κ2) is 8.18. The quantitative estimate of drug-likeness (QED) is 0.489. The van der Waals surface area contributed by atoms with E-state index >= 15 is 0 Å². The smallest absolute Gasteiger partial charge is 0.339 e. The van der Waals surface area contributed by atoms with E-state index in [1.165, 1.54) is 31.5 Å². The Balaban J connectivity index is 1.97. The van der Waals surface area contributed by atoms with Crippen molar-refractivity contribution in [3.05, 3.63) is 69.1 Å². The number of nitrogens with zero attached hydrogens (tertiary/aromatic N) is 1. The molecule has 0 fully saturated rings. The molecular formula is C17H16Cl2N2O4. The fourth-order valence-electron chi connectivity index (χ4n) is 2.09. The third-order valence-electron chi connectivity index (χ3n) is 3.48. The van der Waals surface area contributed by atoms with E-state index in [2.05, 4.69) is 5.32 Å². The van der Waals surface area contributed by atoms with Crippen LogP contribution in [0.2, 0.25) is 10.0 Å². The van der Waals surface area contributed by atoms with Gasteiger partial charge in [-0.05, 0) is 31.5 Å². The first-order chi connectivity index (χ1) is 11.8. The molecule has 0 unspecified atom stereocenters. The number of amides is 1. The van der Waals surface area contributed by atoms with E-state index < -0.39 is 24.0 Å². The van der Waals surface area contributed by atoms with Crippen molar-refractivity contribution in [1.82, 2.24) is 5.32 Å². The van der Waals surface area contributed by atoms with Gasteiger partial charge in [-0.15, -0.1) is 0 Å². The van der Waals surface area contributed by atoms with Gasteiger partial charge in [0.1, 0.15) is 0 Å². The molecule has 2 aromatic rings. The lowest BCUT2D eigenvalue weighted by atomic mass is 10.1. The Morgan fingerprint density at radius 2 is 1.80 bits per heavy atom. The molecule has 1 heterocycles. The topological polar surface area (TPSA) is 82.3 Å². The van der Waals surface area contributed by atoms with Gasteiger partial charge in [-0.3, -0.25) is 4.79 Å². The van der Waals surface area contributed by atoms with E-state index in [-0.39, 0.29) is 5.56 Å². The molecule has 0 aliphatic heterocycles. The summed E-state index contributed by atoms with van der Waals surface area (Å²) >= 11 is 12.0. The van der Waals surface area contributed by atoms with Crippen LogP contribution < -0.4 is 10.0 Å². The Hall–Kier alpha value is -2.31. The summed E-state index contributed by atoms with van der Waals surface area (Å²) in [5.41, 5.74) is 0.876. The number of nitrogens with one attached hydrogen (secondary N) is 1. The highest BCUT2D eigenvalue weighted by Crippen LogP contribution is 2.26. The molecule has 0 bridgehead atoms. The molecular weight excluding hydrogens is 367 g/mol. The first kappa shape index (κ1) is 19.0. The predicted octanol–water partition coefficient (Wildman–Crippen LogP) is 3.05. The van der Waals surface area contributed by atoms with Crippen LogP contribution in [0, 0.1) is 5.21 Å². The molecule has 6 nitrogen and oxygen atoms in total. The maximum atomic E-state index is 12.2. The normalized spacial score (nSPS) is 13.0. The van der Waals surface area contributed by atoms with Gasteiger partial charge in [0.2, 0.25) is 0 Å². The molecule has 1 aromatic heterocycles. The molecule has 0 saturated carbocycles. The van der Waals surface area contributed by atoms with Crippen molar-refractivity contribution in [3.8, 4) is 0 Å². The molecule has 0 radical (unpaired) electrons. The third-order valence-corrected chi connectivity index (χ3v) is 4.04. The van der Waals surface area contributed by atoms with Crippen molar-refractivity contribution < 1.29 is 19.1 Å². The Morgan fingerprint density at radius 1 is 1.16 bits per heavy atom. The molecule has 8 heteroatoms. The minimum absolute atomic E-state index is 0.181. The summed E-state index contributed by atoms with van der Waals surface area (Å²) < 4.78 is 5.65. The van der Waals surface area contributed by atoms with Gasteiger partial charge in [-0.2, -0.15) is 4.73 Å². The molecule has 2 rings (SSSR count). The number of ether oxygens (including phenoxy) is 1. The van der Waals surface area contributed by atoms with Gasteiger partial charge in [-0.1, -0.05) is 29.3 Å². The summed E-state index contributed by atoms with van der Waals surface area (Å²) in [5, 5.41) is 14.6. The van der Waals surface area contributed by atoms with Crippen molar-refractivity contribution in [3.63, 3.8) is 0 Å². The fraction of sp³-hybridized carbons (Fsp3) is 0.235. The number of halogens is 2. The molecule has 0 spiro atoms. The standard InChI is InChI=1S/C17H16Cl2N2O4/c1-10(14-4-3-13(18)9-15(14)19)20-16(22)11(2)25-17(23)12-5-7-21(24)8-6-12/h3-11H,1-2H3,(H,20,22)/t10-,11-/m1/s1. The van der Waals surface area contributed by atoms with Crippen LogP contribution >= 0.6 is 23.2 Å². The zero-order chi connectivity index (χ0) is 18.6. The number of benzene rings is 1. The summed E-state index contributed by atoms with van der Waals surface area (Å²) in [4.78, 5) is 24.2. The first-order valence-electron chi connectivity index (χ1n) is 7.43. The molecule has 2 atom stereocenters. The van der Waals surface area contributed by atoms with E-state index in [1.54, 1.807) is 25.1 Å². The molecule has 1 aromatic carbocycles. The van der Waals surface area contributed by atoms with Crippen molar-refractivity contribution in [2.75, 3.05) is 0 Å². The first-order valence-corrected chi connectivity index (χ1v) is 8.18. The van der Waals surface area contributed by atoms with Crippen molar-refractivity contribution in [2.24, 2.45) is 0 Å². The van der Waals surface area contributed by atoms with Crippen LogP contribution in [0.5, 0.6) is 0 Å². The second-order valence-electron chi connectivity index (χ2n) is 5.39. The van der Waals surface area contributed by atoms with Crippen molar-refractivity contribution in [2.45, 2.75) is 26.0 Å². The van der Waals surface area contributed by atoms with E-state index in [0.717, 1.165) is 0 Å². The van der Waals surface area contributed by atoms with Gasteiger partial charge < -0.3 is 15.3 Å². The maximum absolute atomic E-state index is 12.2. The average molecular weight is 383 g/mol. The van der Waals surface area contributed by atoms with Crippen LogP contribution in [-0.2, 0) is 9.53 Å². The number of rotatable bonds is 5. The van der Waals surface area contributed by atoms with Gasteiger partial charge >= 0.3 is 5.97 Å². The van der Waals surface area contributed by atoms with Crippen LogP contribution in [0.4, 0.5) is 0 Å². The Kier molecular flexibility index (Phi) is 6.22. The van der Waals surface area contributed by atoms with E-state index in [9.17, 15) is 14.8 Å². The lowest BCUT2D eigenvalue weighted by Gasteiger charge is -2.19. The zero-order valence-electron chi connectivity index (χ0n) is 13.5. The van der Waals surface area contributed by atoms with Crippen LogP contribution in [-0.4, -0.2) is 18.0 Å². The highest BCUT2D eigenvalue weighted by Gasteiger charge is 2.22. The van der Waals surface area contributed by atoms with E-state index in [0.29, 0.717) is 20.3 Å². The number of aromatic nitrogens is 1. The Bertz CT molecular complexity index is 781. The number of esters is 1. The summed E-state index contributed by atoms with van der Waals surface area (Å²) in [6.45, 7) is 3.21. The van der Waals surface area contributed by atoms with Crippen LogP contribution in [0.25, 0.3) is 0 Å². The lowest BCUT2D eigenvalue weighted by Crippen LogP contribution is -2.37. The van der Waals surface area contributed by atoms with Gasteiger partial charge in [0.15, 0.2) is 18.5 Å². The van der Waals surface area contributed by atoms with Gasteiger partial charge in [0.05, 0.1) is 11.6 Å². The molecule has 132 valence electrons. The number of hydrogen-bond donors (Lipinski definition) is 1. The minimum atomic E-state index is -1.01. The summed E-state index contributed by atoms with van der Waals surface area (Å²) in [6, 6.07) is 7.21. The van der Waals surface area contributed by atoms with Crippen molar-refractivity contribution in [1.29, 1.82) is 0 Å². The molecule has 0 aliphatic carbocycles. The lowest BCUT2D eigenvalue weighted by molar-refractivity contribution is -0.605. The molecule has 0 saturated heterocycles. The van der Waals surface area contributed by atoms with Crippen LogP contribution in [0.1, 0.15) is 35.8 Å². The van der Waals surface area contributed by atoms with Crippen molar-refractivity contribution >= 4 is 35.1 Å². The number of carbonyl (C=O) groups excluding carboxylic acids is 2. The number of pyridine rings is 1. The van der Waals surface area contributed by atoms with E-state index in [1.807, 2.05) is 0 Å². The second-order valence-corrected chi connectivity index (χ2v) is 6.23. The number of carbonyl (C=O) groups is 2. The zero-order valence-corrected chi connectivity index (χ0v) is 15.0. The van der Waals surface area contributed by atoms with E-state index in [4.69, 9.17) is 27.9 Å². The number of hydrogen-bond acceptors (Lipinski definition) is 4. The Labute approximate surface area is 154 Å². The summed E-state index contributed by atoms with van der Waals surface area (Å²) in [7, 11) is 0. The van der Waals surface area contributed by atoms with Crippen LogP contribution in [0.15, 0.2) is 42.7 Å². The fourth-order valence-corrected chi connectivity index (χ4v) is 2.66. The molecule has 1 N–H and O–H groups in total. The molecule has 1 amide bonds. The minimum Gasteiger partial charge on any atom is -0.619 e.